The molecule has 0 aliphatic heterocycles. The number of aromatic nitrogens is 4. The molecule has 1 aromatic carbocycles. The van der Waals surface area contributed by atoms with Gasteiger partial charge in [0, 0.05) is 31.0 Å². The van der Waals surface area contributed by atoms with Gasteiger partial charge in [0.15, 0.2) is 5.82 Å². The highest BCUT2D eigenvalue weighted by molar-refractivity contribution is 5.39. The fourth-order valence-electron chi connectivity index (χ4n) is 4.54. The highest BCUT2D eigenvalue weighted by Crippen LogP contribution is 2.40. The number of aryl methyl sites for hydroxylation is 1. The summed E-state index contributed by atoms with van der Waals surface area (Å²) in [5.74, 6) is 3.74. The van der Waals surface area contributed by atoms with Crippen molar-refractivity contribution in [1.29, 1.82) is 0 Å². The van der Waals surface area contributed by atoms with Gasteiger partial charge in [0.2, 0.25) is 5.88 Å². The van der Waals surface area contributed by atoms with Crippen LogP contribution in [0.2, 0.25) is 0 Å². The highest BCUT2D eigenvalue weighted by atomic mass is 16.5. The van der Waals surface area contributed by atoms with E-state index < -0.39 is 0 Å². The van der Waals surface area contributed by atoms with Crippen molar-refractivity contribution in [2.45, 2.75) is 70.0 Å². The van der Waals surface area contributed by atoms with Crippen molar-refractivity contribution >= 4 is 0 Å². The quantitative estimate of drug-likeness (QED) is 0.534. The number of nitrogens with zero attached hydrogens (tertiary/aromatic N) is 4. The summed E-state index contributed by atoms with van der Waals surface area (Å²) in [4.78, 5) is 4.39. The summed E-state index contributed by atoms with van der Waals surface area (Å²) in [6.45, 7) is 2.49. The predicted molar refractivity (Wildman–Crippen MR) is 119 cm³/mol. The molecule has 0 N–H and O–H groups in total. The van der Waals surface area contributed by atoms with E-state index in [4.69, 9.17) is 9.47 Å². The van der Waals surface area contributed by atoms with Crippen LogP contribution in [-0.2, 0) is 11.3 Å². The lowest BCUT2D eigenvalue weighted by molar-refractivity contribution is 0.138. The van der Waals surface area contributed by atoms with Crippen LogP contribution in [0.15, 0.2) is 42.6 Å². The van der Waals surface area contributed by atoms with E-state index >= 15 is 0 Å². The number of hydrogen-bond acceptors (Lipinski definition) is 5. The van der Waals surface area contributed by atoms with Gasteiger partial charge in [-0.1, -0.05) is 18.2 Å². The molecule has 162 valence electrons. The van der Waals surface area contributed by atoms with E-state index in [1.807, 2.05) is 25.3 Å². The molecule has 2 heterocycles. The van der Waals surface area contributed by atoms with Gasteiger partial charge in [-0.3, -0.25) is 4.57 Å². The molecule has 0 atom stereocenters. The molecule has 3 aromatic rings. The molecule has 0 saturated heterocycles. The van der Waals surface area contributed by atoms with Crippen LogP contribution in [0.4, 0.5) is 0 Å². The molecule has 0 spiro atoms. The molecule has 0 bridgehead atoms. The Labute approximate surface area is 183 Å². The van der Waals surface area contributed by atoms with E-state index in [1.165, 1.54) is 18.4 Å². The number of ether oxygens (including phenoxy) is 2. The van der Waals surface area contributed by atoms with Gasteiger partial charge in [0.1, 0.15) is 18.5 Å². The molecule has 2 aliphatic carbocycles. The van der Waals surface area contributed by atoms with Crippen molar-refractivity contribution in [3.05, 3.63) is 65.4 Å². The SMILES string of the molecule is COCc1nnc(C2CCC(Oc3ccc(C)cn3)CC2)n1-c1ccc(C2CC2)cc1. The second-order valence-electron chi connectivity index (χ2n) is 8.87. The zero-order valence-electron chi connectivity index (χ0n) is 18.3. The predicted octanol–water partition coefficient (Wildman–Crippen LogP) is 5.10. The molecule has 2 saturated carbocycles. The maximum Gasteiger partial charge on any atom is 0.213 e. The Hall–Kier alpha value is -2.73. The Morgan fingerprint density at radius 2 is 1.65 bits per heavy atom. The maximum absolute atomic E-state index is 6.12. The number of pyridine rings is 1. The van der Waals surface area contributed by atoms with Crippen LogP contribution in [0, 0.1) is 6.92 Å². The lowest BCUT2D eigenvalue weighted by Crippen LogP contribution is -2.25. The van der Waals surface area contributed by atoms with Crippen LogP contribution in [0.25, 0.3) is 5.69 Å². The molecule has 6 nitrogen and oxygen atoms in total. The standard InChI is InChI=1S/C25H30N4O2/c1-17-3-14-24(26-15-17)31-22-12-8-20(9-13-22)25-28-27-23(16-30-2)29(25)21-10-6-19(7-11-21)18-4-5-18/h3,6-7,10-11,14-15,18,20,22H,4-5,8-9,12-13,16H2,1-2H3. The molecular weight excluding hydrogens is 388 g/mol. The van der Waals surface area contributed by atoms with E-state index in [-0.39, 0.29) is 6.10 Å². The zero-order chi connectivity index (χ0) is 21.2. The summed E-state index contributed by atoms with van der Waals surface area (Å²) < 4.78 is 13.7. The maximum atomic E-state index is 6.12. The Balaban J connectivity index is 1.31. The monoisotopic (exact) mass is 418 g/mol. The van der Waals surface area contributed by atoms with E-state index in [2.05, 4.69) is 44.0 Å². The summed E-state index contributed by atoms with van der Waals surface area (Å²) in [5, 5.41) is 9.07. The third-order valence-electron chi connectivity index (χ3n) is 6.44. The second kappa shape index (κ2) is 8.79. The number of hydrogen-bond donors (Lipinski definition) is 0. The summed E-state index contributed by atoms with van der Waals surface area (Å²) in [6, 6.07) is 12.9. The lowest BCUT2D eigenvalue weighted by atomic mass is 9.86. The van der Waals surface area contributed by atoms with Crippen LogP contribution in [0.3, 0.4) is 0 Å². The fourth-order valence-corrected chi connectivity index (χ4v) is 4.54. The molecular formula is C25H30N4O2. The summed E-state index contributed by atoms with van der Waals surface area (Å²) in [5.41, 5.74) is 3.71. The molecule has 5 rings (SSSR count). The Bertz CT molecular complexity index is 1000. The molecule has 0 amide bonds. The number of benzene rings is 1. The van der Waals surface area contributed by atoms with E-state index in [1.54, 1.807) is 7.11 Å². The third-order valence-corrected chi connectivity index (χ3v) is 6.44. The Morgan fingerprint density at radius 3 is 2.29 bits per heavy atom. The van der Waals surface area contributed by atoms with Crippen LogP contribution < -0.4 is 4.74 Å². The van der Waals surface area contributed by atoms with Crippen LogP contribution in [0.5, 0.6) is 5.88 Å². The van der Waals surface area contributed by atoms with Gasteiger partial charge in [0.25, 0.3) is 0 Å². The van der Waals surface area contributed by atoms with Crippen molar-refractivity contribution in [3.8, 4) is 11.6 Å². The number of rotatable bonds is 7. The van der Waals surface area contributed by atoms with Crippen LogP contribution in [-0.4, -0.2) is 33.0 Å². The van der Waals surface area contributed by atoms with E-state index in [9.17, 15) is 0 Å². The first kappa shape index (κ1) is 20.2. The van der Waals surface area contributed by atoms with Gasteiger partial charge in [-0.05, 0) is 74.6 Å². The van der Waals surface area contributed by atoms with E-state index in [0.717, 1.165) is 60.4 Å². The smallest absolute Gasteiger partial charge is 0.213 e. The van der Waals surface area contributed by atoms with Crippen molar-refractivity contribution in [3.63, 3.8) is 0 Å². The zero-order valence-corrected chi connectivity index (χ0v) is 18.3. The van der Waals surface area contributed by atoms with Gasteiger partial charge in [-0.2, -0.15) is 0 Å². The average molecular weight is 419 g/mol. The topological polar surface area (TPSA) is 62.1 Å². The number of methoxy groups -OCH3 is 1. The third kappa shape index (κ3) is 4.49. The minimum atomic E-state index is 0.207. The molecule has 6 heteroatoms. The Morgan fingerprint density at radius 1 is 0.903 bits per heavy atom. The largest absolute Gasteiger partial charge is 0.474 e. The molecule has 2 fully saturated rings. The average Bonchev–Trinajstić information content (AvgIpc) is 3.57. The van der Waals surface area contributed by atoms with Crippen LogP contribution in [0.1, 0.15) is 73.1 Å². The van der Waals surface area contributed by atoms with Gasteiger partial charge in [0.05, 0.1) is 0 Å². The van der Waals surface area contributed by atoms with Crippen molar-refractivity contribution < 1.29 is 9.47 Å². The summed E-state index contributed by atoms with van der Waals surface area (Å²) in [7, 11) is 1.70. The normalized spacial score (nSPS) is 21.2. The second-order valence-corrected chi connectivity index (χ2v) is 8.87. The van der Waals surface area contributed by atoms with Gasteiger partial charge in [-0.15, -0.1) is 10.2 Å². The summed E-state index contributed by atoms with van der Waals surface area (Å²) >= 11 is 0. The Kier molecular flexibility index (Phi) is 5.72. The minimum Gasteiger partial charge on any atom is -0.474 e. The summed E-state index contributed by atoms with van der Waals surface area (Å²) in [6.07, 6.45) is 8.74. The first-order valence-corrected chi connectivity index (χ1v) is 11.3. The van der Waals surface area contributed by atoms with Crippen LogP contribution >= 0.6 is 0 Å². The minimum absolute atomic E-state index is 0.207. The first-order chi connectivity index (χ1) is 15.2. The molecule has 0 unspecified atom stereocenters. The van der Waals surface area contributed by atoms with Gasteiger partial charge >= 0.3 is 0 Å². The fraction of sp³-hybridized carbons (Fsp3) is 0.480. The van der Waals surface area contributed by atoms with Gasteiger partial charge in [-0.25, -0.2) is 4.98 Å². The molecule has 2 aromatic heterocycles. The molecule has 31 heavy (non-hydrogen) atoms. The highest BCUT2D eigenvalue weighted by Gasteiger charge is 2.29. The van der Waals surface area contributed by atoms with Crippen molar-refractivity contribution in [1.82, 2.24) is 19.7 Å². The van der Waals surface area contributed by atoms with Crippen molar-refractivity contribution in [2.75, 3.05) is 7.11 Å². The lowest BCUT2D eigenvalue weighted by Gasteiger charge is -2.28. The molecule has 2 aliphatic rings. The first-order valence-electron chi connectivity index (χ1n) is 11.3. The van der Waals surface area contributed by atoms with E-state index in [0.29, 0.717) is 12.5 Å². The van der Waals surface area contributed by atoms with Gasteiger partial charge < -0.3 is 9.47 Å². The molecule has 0 radical (unpaired) electrons. The van der Waals surface area contributed by atoms with Crippen molar-refractivity contribution in [2.24, 2.45) is 0 Å².